The topological polar surface area (TPSA) is 89.3 Å². The number of nitrogens with zero attached hydrogens (tertiary/aromatic N) is 7. The zero-order chi connectivity index (χ0) is 26.6. The molecule has 1 amide bonds. The molecule has 0 aliphatic carbocycles. The number of anilines is 1. The van der Waals surface area contributed by atoms with E-state index in [0.29, 0.717) is 50.4 Å². The molecule has 9 heteroatoms. The highest BCUT2D eigenvalue weighted by molar-refractivity contribution is 5.84. The summed E-state index contributed by atoms with van der Waals surface area (Å²) in [5, 5.41) is 8.75. The molecule has 3 aromatic carbocycles. The fourth-order valence-electron chi connectivity index (χ4n) is 4.89. The third-order valence-corrected chi connectivity index (χ3v) is 6.96. The van der Waals surface area contributed by atoms with Crippen LogP contribution in [-0.4, -0.2) is 68.6 Å². The van der Waals surface area contributed by atoms with Crippen molar-refractivity contribution in [1.29, 1.82) is 0 Å². The summed E-state index contributed by atoms with van der Waals surface area (Å²) < 4.78 is 7.25. The second kappa shape index (κ2) is 10.9. The molecule has 1 fully saturated rings. The Labute approximate surface area is 226 Å². The summed E-state index contributed by atoms with van der Waals surface area (Å²) in [6, 6.07) is 26.2. The minimum Gasteiger partial charge on any atom is -0.494 e. The van der Waals surface area contributed by atoms with E-state index in [1.165, 1.54) is 5.56 Å². The lowest BCUT2D eigenvalue weighted by molar-refractivity contribution is -0.130. The summed E-state index contributed by atoms with van der Waals surface area (Å²) >= 11 is 0. The second-order valence-corrected chi connectivity index (χ2v) is 9.41. The van der Waals surface area contributed by atoms with Crippen LogP contribution in [0.1, 0.15) is 12.5 Å². The monoisotopic (exact) mass is 519 g/mol. The average Bonchev–Trinajstić information content (AvgIpc) is 3.43. The van der Waals surface area contributed by atoms with E-state index in [1.807, 2.05) is 66.4 Å². The standard InChI is InChI=1S/C30H29N7O2/c1-2-39-26-14-12-25(13-15-26)37-30-28(33-34-37)29(31-21-32-30)36-18-16-35(17-19-36)27(38)20-22-8-10-24(11-9-22)23-6-4-3-5-7-23/h3-15,21H,2,16-20H2,1H3. The summed E-state index contributed by atoms with van der Waals surface area (Å²) in [7, 11) is 0. The van der Waals surface area contributed by atoms with Gasteiger partial charge in [-0.25, -0.2) is 9.97 Å². The van der Waals surface area contributed by atoms with Gasteiger partial charge in [0.2, 0.25) is 5.91 Å². The van der Waals surface area contributed by atoms with E-state index in [-0.39, 0.29) is 5.91 Å². The molecule has 0 unspecified atom stereocenters. The van der Waals surface area contributed by atoms with Crippen molar-refractivity contribution in [1.82, 2.24) is 29.9 Å². The molecule has 6 rings (SSSR count). The number of carbonyl (C=O) groups excluding carboxylic acids is 1. The van der Waals surface area contributed by atoms with Crippen molar-refractivity contribution in [2.24, 2.45) is 0 Å². The number of fused-ring (bicyclic) bond motifs is 1. The molecule has 1 saturated heterocycles. The molecule has 0 bridgehead atoms. The average molecular weight is 520 g/mol. The minimum absolute atomic E-state index is 0.136. The first-order chi connectivity index (χ1) is 19.2. The highest BCUT2D eigenvalue weighted by Crippen LogP contribution is 2.25. The van der Waals surface area contributed by atoms with Crippen molar-refractivity contribution in [3.8, 4) is 22.6 Å². The van der Waals surface area contributed by atoms with Crippen LogP contribution in [-0.2, 0) is 11.2 Å². The quantitative estimate of drug-likeness (QED) is 0.319. The smallest absolute Gasteiger partial charge is 0.227 e. The van der Waals surface area contributed by atoms with Crippen LogP contribution in [0, 0.1) is 0 Å². The first-order valence-electron chi connectivity index (χ1n) is 13.2. The normalized spacial score (nSPS) is 13.6. The van der Waals surface area contributed by atoms with E-state index in [4.69, 9.17) is 4.74 Å². The molecule has 3 heterocycles. The van der Waals surface area contributed by atoms with Crippen LogP contribution in [0.3, 0.4) is 0 Å². The van der Waals surface area contributed by atoms with Crippen LogP contribution in [0.4, 0.5) is 5.82 Å². The minimum atomic E-state index is 0.136. The Morgan fingerprint density at radius 3 is 2.28 bits per heavy atom. The van der Waals surface area contributed by atoms with E-state index in [2.05, 4.69) is 49.4 Å². The van der Waals surface area contributed by atoms with Crippen molar-refractivity contribution in [2.45, 2.75) is 13.3 Å². The van der Waals surface area contributed by atoms with Crippen molar-refractivity contribution < 1.29 is 9.53 Å². The van der Waals surface area contributed by atoms with E-state index in [0.717, 1.165) is 28.4 Å². The first kappa shape index (κ1) is 24.5. The maximum absolute atomic E-state index is 13.1. The molecule has 1 aliphatic heterocycles. The molecular formula is C30H29N7O2. The molecular weight excluding hydrogens is 490 g/mol. The van der Waals surface area contributed by atoms with Gasteiger partial charge < -0.3 is 14.5 Å². The fraction of sp³-hybridized carbons (Fsp3) is 0.233. The highest BCUT2D eigenvalue weighted by Gasteiger charge is 2.25. The third kappa shape index (κ3) is 5.16. The van der Waals surface area contributed by atoms with Crippen molar-refractivity contribution >= 4 is 22.9 Å². The van der Waals surface area contributed by atoms with Crippen molar-refractivity contribution in [2.75, 3.05) is 37.7 Å². The van der Waals surface area contributed by atoms with Crippen molar-refractivity contribution in [3.63, 3.8) is 0 Å². The van der Waals surface area contributed by atoms with Crippen LogP contribution in [0.25, 0.3) is 28.0 Å². The molecule has 0 radical (unpaired) electrons. The Morgan fingerprint density at radius 1 is 0.846 bits per heavy atom. The maximum Gasteiger partial charge on any atom is 0.227 e. The van der Waals surface area contributed by atoms with Crippen LogP contribution in [0.15, 0.2) is 85.2 Å². The molecule has 0 spiro atoms. The van der Waals surface area contributed by atoms with Gasteiger partial charge >= 0.3 is 0 Å². The number of hydrogen-bond acceptors (Lipinski definition) is 7. The number of carbonyl (C=O) groups is 1. The molecule has 0 saturated carbocycles. The summed E-state index contributed by atoms with van der Waals surface area (Å²) in [6.07, 6.45) is 1.94. The van der Waals surface area contributed by atoms with E-state index >= 15 is 0 Å². The predicted molar refractivity (Wildman–Crippen MR) is 150 cm³/mol. The van der Waals surface area contributed by atoms with Crippen LogP contribution in [0.5, 0.6) is 5.75 Å². The number of piperazine rings is 1. The molecule has 9 nitrogen and oxygen atoms in total. The summed E-state index contributed by atoms with van der Waals surface area (Å²) in [5.41, 5.74) is 5.47. The Balaban J connectivity index is 1.10. The third-order valence-electron chi connectivity index (χ3n) is 6.96. The van der Waals surface area contributed by atoms with Crippen LogP contribution < -0.4 is 9.64 Å². The second-order valence-electron chi connectivity index (χ2n) is 9.41. The molecule has 0 atom stereocenters. The van der Waals surface area contributed by atoms with Gasteiger partial charge in [0.25, 0.3) is 0 Å². The number of hydrogen-bond donors (Lipinski definition) is 0. The number of ether oxygens (including phenoxy) is 1. The highest BCUT2D eigenvalue weighted by atomic mass is 16.5. The molecule has 1 aliphatic rings. The lowest BCUT2D eigenvalue weighted by Crippen LogP contribution is -2.49. The van der Waals surface area contributed by atoms with E-state index in [9.17, 15) is 4.79 Å². The molecule has 196 valence electrons. The van der Waals surface area contributed by atoms with Crippen LogP contribution >= 0.6 is 0 Å². The Bertz CT molecular complexity index is 1560. The molecule has 0 N–H and O–H groups in total. The largest absolute Gasteiger partial charge is 0.494 e. The predicted octanol–water partition coefficient (Wildman–Crippen LogP) is 4.17. The Hall–Kier alpha value is -4.79. The lowest BCUT2D eigenvalue weighted by Gasteiger charge is -2.35. The zero-order valence-corrected chi connectivity index (χ0v) is 21.8. The summed E-state index contributed by atoms with van der Waals surface area (Å²) in [4.78, 5) is 26.1. The van der Waals surface area contributed by atoms with Gasteiger partial charge in [0.05, 0.1) is 18.7 Å². The lowest BCUT2D eigenvalue weighted by atomic mass is 10.0. The fourth-order valence-corrected chi connectivity index (χ4v) is 4.89. The number of aromatic nitrogens is 5. The van der Waals surface area contributed by atoms with Crippen LogP contribution in [0.2, 0.25) is 0 Å². The number of benzene rings is 3. The number of amides is 1. The summed E-state index contributed by atoms with van der Waals surface area (Å²) in [6.45, 7) is 5.15. The maximum atomic E-state index is 13.1. The number of rotatable bonds is 7. The first-order valence-corrected chi connectivity index (χ1v) is 13.2. The van der Waals surface area contributed by atoms with Gasteiger partial charge in [-0.1, -0.05) is 59.8 Å². The van der Waals surface area contributed by atoms with Gasteiger partial charge in [0.1, 0.15) is 12.1 Å². The zero-order valence-electron chi connectivity index (χ0n) is 21.8. The van der Waals surface area contributed by atoms with Gasteiger partial charge in [-0.15, -0.1) is 5.10 Å². The Morgan fingerprint density at radius 2 is 1.56 bits per heavy atom. The van der Waals surface area contributed by atoms with Gasteiger partial charge in [0, 0.05) is 26.2 Å². The Kier molecular flexibility index (Phi) is 6.86. The SMILES string of the molecule is CCOc1ccc(-n2nnc3c(N4CCN(C(=O)Cc5ccc(-c6ccccc6)cc5)CC4)ncnc32)cc1. The molecule has 5 aromatic rings. The molecule has 2 aromatic heterocycles. The van der Waals surface area contributed by atoms with Gasteiger partial charge in [-0.05, 0) is 47.9 Å². The van der Waals surface area contributed by atoms with Crippen molar-refractivity contribution in [3.05, 3.63) is 90.8 Å². The van der Waals surface area contributed by atoms with E-state index in [1.54, 1.807) is 11.0 Å². The van der Waals surface area contributed by atoms with E-state index < -0.39 is 0 Å². The summed E-state index contributed by atoms with van der Waals surface area (Å²) in [5.74, 6) is 1.68. The van der Waals surface area contributed by atoms with Gasteiger partial charge in [0.15, 0.2) is 17.0 Å². The molecule has 39 heavy (non-hydrogen) atoms. The van der Waals surface area contributed by atoms with Gasteiger partial charge in [-0.3, -0.25) is 4.79 Å². The van der Waals surface area contributed by atoms with Gasteiger partial charge in [-0.2, -0.15) is 4.68 Å².